The van der Waals surface area contributed by atoms with Gasteiger partial charge in [0.15, 0.2) is 0 Å². The molecule has 5 heteroatoms. The highest BCUT2D eigenvalue weighted by atomic mass is 79.9. The normalized spacial score (nSPS) is 12.6. The fraction of sp³-hybridized carbons (Fsp3) is 0.667. The molecular weight excluding hydrogens is 282 g/mol. The largest absolute Gasteiger partial charge is 0.473 e. The van der Waals surface area contributed by atoms with Crippen LogP contribution in [-0.4, -0.2) is 22.6 Å². The maximum atomic E-state index is 5.79. The van der Waals surface area contributed by atoms with E-state index in [2.05, 4.69) is 52.0 Å². The standard InChI is InChI=1S/C12H20BrN3O/c1-5-6-14-12-15-7-10(13)11(16-12)17-9(4)8(2)3/h7-9H,5-6H2,1-4H3,(H,14,15,16). The van der Waals surface area contributed by atoms with Gasteiger partial charge in [-0.05, 0) is 35.2 Å². The Morgan fingerprint density at radius 1 is 1.41 bits per heavy atom. The van der Waals surface area contributed by atoms with E-state index in [0.717, 1.165) is 17.4 Å². The molecule has 0 radical (unpaired) electrons. The third kappa shape index (κ3) is 4.50. The Bertz CT molecular complexity index is 358. The molecule has 1 rings (SSSR count). The minimum atomic E-state index is 0.125. The lowest BCUT2D eigenvalue weighted by Crippen LogP contribution is -2.20. The molecule has 0 aliphatic heterocycles. The Hall–Kier alpha value is -0.840. The summed E-state index contributed by atoms with van der Waals surface area (Å²) >= 11 is 3.40. The summed E-state index contributed by atoms with van der Waals surface area (Å²) in [6, 6.07) is 0. The molecule has 0 saturated heterocycles. The molecule has 1 aromatic rings. The third-order valence-corrected chi connectivity index (χ3v) is 3.03. The van der Waals surface area contributed by atoms with Crippen LogP contribution >= 0.6 is 15.9 Å². The van der Waals surface area contributed by atoms with Crippen molar-refractivity contribution in [1.82, 2.24) is 9.97 Å². The van der Waals surface area contributed by atoms with Crippen molar-refractivity contribution < 1.29 is 4.74 Å². The van der Waals surface area contributed by atoms with E-state index in [1.807, 2.05) is 6.92 Å². The molecule has 1 atom stereocenters. The first-order valence-corrected chi connectivity index (χ1v) is 6.77. The van der Waals surface area contributed by atoms with Crippen LogP contribution in [0.15, 0.2) is 10.7 Å². The first kappa shape index (κ1) is 14.2. The first-order chi connectivity index (χ1) is 8.04. The van der Waals surface area contributed by atoms with Gasteiger partial charge in [-0.2, -0.15) is 4.98 Å². The van der Waals surface area contributed by atoms with E-state index >= 15 is 0 Å². The predicted molar refractivity (Wildman–Crippen MR) is 73.4 cm³/mol. The molecule has 0 aliphatic carbocycles. The smallest absolute Gasteiger partial charge is 0.233 e. The van der Waals surface area contributed by atoms with Crippen LogP contribution in [0.4, 0.5) is 5.95 Å². The van der Waals surface area contributed by atoms with Gasteiger partial charge < -0.3 is 10.1 Å². The third-order valence-electron chi connectivity index (χ3n) is 2.48. The molecule has 0 aliphatic rings. The van der Waals surface area contributed by atoms with E-state index < -0.39 is 0 Å². The van der Waals surface area contributed by atoms with Gasteiger partial charge in [0.05, 0.1) is 16.8 Å². The summed E-state index contributed by atoms with van der Waals surface area (Å²) in [6.45, 7) is 9.25. The highest BCUT2D eigenvalue weighted by Crippen LogP contribution is 2.24. The molecular formula is C12H20BrN3O. The fourth-order valence-electron chi connectivity index (χ4n) is 1.07. The molecule has 0 spiro atoms. The van der Waals surface area contributed by atoms with Gasteiger partial charge in [-0.15, -0.1) is 0 Å². The molecule has 96 valence electrons. The van der Waals surface area contributed by atoms with Crippen LogP contribution in [0.2, 0.25) is 0 Å². The zero-order valence-corrected chi connectivity index (χ0v) is 12.4. The summed E-state index contributed by atoms with van der Waals surface area (Å²) in [5.41, 5.74) is 0. The number of hydrogen-bond acceptors (Lipinski definition) is 4. The fourth-order valence-corrected chi connectivity index (χ4v) is 1.35. The average molecular weight is 302 g/mol. The Kier molecular flexibility index (Phi) is 5.68. The lowest BCUT2D eigenvalue weighted by Gasteiger charge is -2.18. The van der Waals surface area contributed by atoms with Crippen LogP contribution in [0.25, 0.3) is 0 Å². The van der Waals surface area contributed by atoms with E-state index in [4.69, 9.17) is 4.74 Å². The number of nitrogens with one attached hydrogen (secondary N) is 1. The van der Waals surface area contributed by atoms with Gasteiger partial charge >= 0.3 is 0 Å². The number of nitrogens with zero attached hydrogens (tertiary/aromatic N) is 2. The molecule has 0 aromatic carbocycles. The summed E-state index contributed by atoms with van der Waals surface area (Å²) in [4.78, 5) is 8.52. The molecule has 1 heterocycles. The van der Waals surface area contributed by atoms with Crippen LogP contribution in [-0.2, 0) is 0 Å². The molecule has 0 fully saturated rings. The Labute approximate surface area is 111 Å². The number of anilines is 1. The lowest BCUT2D eigenvalue weighted by atomic mass is 10.1. The molecule has 4 nitrogen and oxygen atoms in total. The first-order valence-electron chi connectivity index (χ1n) is 5.97. The second-order valence-electron chi connectivity index (χ2n) is 4.34. The van der Waals surface area contributed by atoms with Crippen LogP contribution in [0, 0.1) is 5.92 Å². The maximum absolute atomic E-state index is 5.79. The highest BCUT2D eigenvalue weighted by molar-refractivity contribution is 9.10. The van der Waals surface area contributed by atoms with E-state index in [-0.39, 0.29) is 6.10 Å². The van der Waals surface area contributed by atoms with Gasteiger partial charge in [0.25, 0.3) is 0 Å². The lowest BCUT2D eigenvalue weighted by molar-refractivity contribution is 0.162. The number of halogens is 1. The Morgan fingerprint density at radius 2 is 2.12 bits per heavy atom. The Balaban J connectivity index is 2.75. The zero-order valence-electron chi connectivity index (χ0n) is 10.8. The molecule has 1 N–H and O–H groups in total. The molecule has 17 heavy (non-hydrogen) atoms. The zero-order chi connectivity index (χ0) is 12.8. The van der Waals surface area contributed by atoms with Crippen LogP contribution < -0.4 is 10.1 Å². The number of hydrogen-bond donors (Lipinski definition) is 1. The summed E-state index contributed by atoms with van der Waals surface area (Å²) in [6.07, 6.45) is 2.88. The number of rotatable bonds is 6. The van der Waals surface area contributed by atoms with E-state index in [1.54, 1.807) is 6.20 Å². The van der Waals surface area contributed by atoms with Gasteiger partial charge in [0, 0.05) is 6.54 Å². The van der Waals surface area contributed by atoms with Gasteiger partial charge in [0.1, 0.15) is 0 Å². The summed E-state index contributed by atoms with van der Waals surface area (Å²) in [5.74, 6) is 1.66. The van der Waals surface area contributed by atoms with Crippen LogP contribution in [0.1, 0.15) is 34.1 Å². The Morgan fingerprint density at radius 3 is 2.71 bits per heavy atom. The van der Waals surface area contributed by atoms with Crippen molar-refractivity contribution >= 4 is 21.9 Å². The minimum Gasteiger partial charge on any atom is -0.473 e. The molecule has 0 amide bonds. The topological polar surface area (TPSA) is 47.0 Å². The molecule has 1 unspecified atom stereocenters. The maximum Gasteiger partial charge on any atom is 0.233 e. The predicted octanol–water partition coefficient (Wildman–Crippen LogP) is 3.48. The highest BCUT2D eigenvalue weighted by Gasteiger charge is 2.13. The van der Waals surface area contributed by atoms with Crippen molar-refractivity contribution in [2.24, 2.45) is 5.92 Å². The molecule has 1 aromatic heterocycles. The van der Waals surface area contributed by atoms with Crippen molar-refractivity contribution in [3.05, 3.63) is 10.7 Å². The van der Waals surface area contributed by atoms with Gasteiger partial charge in [-0.1, -0.05) is 20.8 Å². The second-order valence-corrected chi connectivity index (χ2v) is 5.19. The van der Waals surface area contributed by atoms with Crippen molar-refractivity contribution in [3.63, 3.8) is 0 Å². The monoisotopic (exact) mass is 301 g/mol. The van der Waals surface area contributed by atoms with E-state index in [0.29, 0.717) is 17.7 Å². The van der Waals surface area contributed by atoms with Gasteiger partial charge in [0.2, 0.25) is 11.8 Å². The van der Waals surface area contributed by atoms with E-state index in [9.17, 15) is 0 Å². The summed E-state index contributed by atoms with van der Waals surface area (Å²) in [5, 5.41) is 3.14. The van der Waals surface area contributed by atoms with Crippen molar-refractivity contribution in [2.45, 2.75) is 40.2 Å². The van der Waals surface area contributed by atoms with Crippen LogP contribution in [0.5, 0.6) is 5.88 Å². The minimum absolute atomic E-state index is 0.125. The van der Waals surface area contributed by atoms with Crippen molar-refractivity contribution in [2.75, 3.05) is 11.9 Å². The molecule has 0 bridgehead atoms. The SMILES string of the molecule is CCCNc1ncc(Br)c(OC(C)C(C)C)n1. The average Bonchev–Trinajstić information content (AvgIpc) is 2.29. The van der Waals surface area contributed by atoms with Gasteiger partial charge in [-0.3, -0.25) is 0 Å². The van der Waals surface area contributed by atoms with E-state index in [1.165, 1.54) is 0 Å². The summed E-state index contributed by atoms with van der Waals surface area (Å²) in [7, 11) is 0. The van der Waals surface area contributed by atoms with Crippen molar-refractivity contribution in [1.29, 1.82) is 0 Å². The number of aromatic nitrogens is 2. The quantitative estimate of drug-likeness (QED) is 0.874. The van der Waals surface area contributed by atoms with Crippen molar-refractivity contribution in [3.8, 4) is 5.88 Å². The molecule has 0 saturated carbocycles. The number of ether oxygens (including phenoxy) is 1. The van der Waals surface area contributed by atoms with Gasteiger partial charge in [-0.25, -0.2) is 4.98 Å². The van der Waals surface area contributed by atoms with Crippen LogP contribution in [0.3, 0.4) is 0 Å². The summed E-state index contributed by atoms with van der Waals surface area (Å²) < 4.78 is 6.57. The second kappa shape index (κ2) is 6.79.